The van der Waals surface area contributed by atoms with Crippen molar-refractivity contribution in [3.05, 3.63) is 66.0 Å². The summed E-state index contributed by atoms with van der Waals surface area (Å²) in [5.74, 6) is -0.329. The molecule has 2 aromatic rings. The van der Waals surface area contributed by atoms with Gasteiger partial charge in [-0.15, -0.1) is 0 Å². The van der Waals surface area contributed by atoms with Crippen molar-refractivity contribution in [3.8, 4) is 0 Å². The molecule has 0 bridgehead atoms. The van der Waals surface area contributed by atoms with E-state index in [1.54, 1.807) is 12.4 Å². The standard InChI is InChI=1S/C16H16N2O2/c1-2-7-15(19)20-18-16(13-8-4-3-5-9-13)14-10-6-11-17-12-14/h3-6,8-12H,2,7H2,1H3/b18-16-. The fourth-order valence-corrected chi connectivity index (χ4v) is 1.72. The molecule has 1 heterocycles. The molecule has 0 amide bonds. The summed E-state index contributed by atoms with van der Waals surface area (Å²) in [5.41, 5.74) is 2.29. The predicted molar refractivity (Wildman–Crippen MR) is 77.3 cm³/mol. The molecule has 4 heteroatoms. The molecule has 102 valence electrons. The molecule has 0 atom stereocenters. The Kier molecular flexibility index (Phi) is 5.00. The van der Waals surface area contributed by atoms with Crippen LogP contribution in [-0.2, 0) is 9.63 Å². The van der Waals surface area contributed by atoms with Crippen molar-refractivity contribution in [1.29, 1.82) is 0 Å². The number of oxime groups is 1. The molecule has 4 nitrogen and oxygen atoms in total. The summed E-state index contributed by atoms with van der Waals surface area (Å²) in [6, 6.07) is 13.3. The molecule has 0 aliphatic carbocycles. The summed E-state index contributed by atoms with van der Waals surface area (Å²) in [4.78, 5) is 20.5. The van der Waals surface area contributed by atoms with Gasteiger partial charge in [0.25, 0.3) is 0 Å². The van der Waals surface area contributed by atoms with Crippen LogP contribution in [0.25, 0.3) is 0 Å². The van der Waals surface area contributed by atoms with Crippen LogP contribution in [0.1, 0.15) is 30.9 Å². The number of nitrogens with zero attached hydrogens (tertiary/aromatic N) is 2. The Morgan fingerprint density at radius 3 is 2.55 bits per heavy atom. The van der Waals surface area contributed by atoms with Gasteiger partial charge < -0.3 is 4.84 Å². The van der Waals surface area contributed by atoms with Crippen LogP contribution in [0.5, 0.6) is 0 Å². The molecule has 0 unspecified atom stereocenters. The molecule has 0 spiro atoms. The second-order valence-electron chi connectivity index (χ2n) is 4.26. The third kappa shape index (κ3) is 3.75. The lowest BCUT2D eigenvalue weighted by molar-refractivity contribution is -0.143. The predicted octanol–water partition coefficient (Wildman–Crippen LogP) is 3.18. The van der Waals surface area contributed by atoms with Crippen molar-refractivity contribution < 1.29 is 9.63 Å². The minimum atomic E-state index is -0.329. The van der Waals surface area contributed by atoms with Gasteiger partial charge in [-0.05, 0) is 18.6 Å². The van der Waals surface area contributed by atoms with E-state index < -0.39 is 0 Å². The molecule has 20 heavy (non-hydrogen) atoms. The number of hydrogen-bond acceptors (Lipinski definition) is 4. The number of benzene rings is 1. The Bertz CT molecular complexity index is 538. The third-order valence-electron chi connectivity index (χ3n) is 2.68. The number of pyridine rings is 1. The van der Waals surface area contributed by atoms with Crippen molar-refractivity contribution in [2.75, 3.05) is 0 Å². The van der Waals surface area contributed by atoms with E-state index in [0.717, 1.165) is 17.5 Å². The second-order valence-corrected chi connectivity index (χ2v) is 4.26. The van der Waals surface area contributed by atoms with E-state index >= 15 is 0 Å². The van der Waals surface area contributed by atoms with Crippen LogP contribution < -0.4 is 0 Å². The lowest BCUT2D eigenvalue weighted by Crippen LogP contribution is -2.07. The largest absolute Gasteiger partial charge is 0.335 e. The molecule has 0 saturated heterocycles. The minimum absolute atomic E-state index is 0.329. The number of rotatable bonds is 5. The smallest absolute Gasteiger partial charge is 0.318 e. The van der Waals surface area contributed by atoms with E-state index in [1.807, 2.05) is 49.4 Å². The fraction of sp³-hybridized carbons (Fsp3) is 0.188. The Labute approximate surface area is 118 Å². The van der Waals surface area contributed by atoms with Gasteiger partial charge >= 0.3 is 5.97 Å². The first kappa shape index (κ1) is 13.9. The van der Waals surface area contributed by atoms with Crippen LogP contribution in [0.3, 0.4) is 0 Å². The van der Waals surface area contributed by atoms with E-state index in [4.69, 9.17) is 4.84 Å². The van der Waals surface area contributed by atoms with Gasteiger partial charge in [0.05, 0.1) is 0 Å². The van der Waals surface area contributed by atoms with E-state index in [-0.39, 0.29) is 5.97 Å². The quantitative estimate of drug-likeness (QED) is 0.475. The van der Waals surface area contributed by atoms with Crippen LogP contribution in [0, 0.1) is 0 Å². The normalized spacial score (nSPS) is 11.2. The summed E-state index contributed by atoms with van der Waals surface area (Å²) < 4.78 is 0. The molecule has 1 aromatic carbocycles. The number of aromatic nitrogens is 1. The van der Waals surface area contributed by atoms with Gasteiger partial charge in [0.2, 0.25) is 0 Å². The highest BCUT2D eigenvalue weighted by Crippen LogP contribution is 2.10. The zero-order valence-corrected chi connectivity index (χ0v) is 11.3. The molecule has 0 aliphatic rings. The maximum atomic E-state index is 11.5. The van der Waals surface area contributed by atoms with Crippen LogP contribution in [0.2, 0.25) is 0 Å². The minimum Gasteiger partial charge on any atom is -0.318 e. The Balaban J connectivity index is 2.30. The molecule has 1 aromatic heterocycles. The van der Waals surface area contributed by atoms with Crippen molar-refractivity contribution in [1.82, 2.24) is 4.98 Å². The highest BCUT2D eigenvalue weighted by atomic mass is 16.7. The summed E-state index contributed by atoms with van der Waals surface area (Å²) in [5, 5.41) is 4.01. The zero-order valence-electron chi connectivity index (χ0n) is 11.3. The van der Waals surface area contributed by atoms with Gasteiger partial charge in [0, 0.05) is 29.9 Å². The van der Waals surface area contributed by atoms with Gasteiger partial charge in [-0.1, -0.05) is 42.4 Å². The van der Waals surface area contributed by atoms with Crippen molar-refractivity contribution in [2.24, 2.45) is 5.16 Å². The average Bonchev–Trinajstić information content (AvgIpc) is 2.50. The van der Waals surface area contributed by atoms with Crippen LogP contribution in [0.15, 0.2) is 60.0 Å². The van der Waals surface area contributed by atoms with Gasteiger partial charge in [-0.2, -0.15) is 0 Å². The van der Waals surface area contributed by atoms with Crippen LogP contribution in [-0.4, -0.2) is 16.7 Å². The summed E-state index contributed by atoms with van der Waals surface area (Å²) in [6.07, 6.45) is 4.48. The van der Waals surface area contributed by atoms with E-state index in [2.05, 4.69) is 10.1 Å². The number of carbonyl (C=O) groups excluding carboxylic acids is 1. The van der Waals surface area contributed by atoms with E-state index in [1.165, 1.54) is 0 Å². The molecule has 0 radical (unpaired) electrons. The van der Waals surface area contributed by atoms with Crippen LogP contribution >= 0.6 is 0 Å². The molecular formula is C16H16N2O2. The molecular weight excluding hydrogens is 252 g/mol. The summed E-state index contributed by atoms with van der Waals surface area (Å²) in [6.45, 7) is 1.92. The van der Waals surface area contributed by atoms with Crippen molar-refractivity contribution >= 4 is 11.7 Å². The van der Waals surface area contributed by atoms with Crippen molar-refractivity contribution in [3.63, 3.8) is 0 Å². The first-order valence-electron chi connectivity index (χ1n) is 6.55. The second kappa shape index (κ2) is 7.19. The van der Waals surface area contributed by atoms with Gasteiger partial charge in [-0.3, -0.25) is 4.98 Å². The first-order chi connectivity index (χ1) is 9.81. The van der Waals surface area contributed by atoms with Crippen LogP contribution in [0.4, 0.5) is 0 Å². The maximum Gasteiger partial charge on any atom is 0.335 e. The SMILES string of the molecule is CCCC(=O)O/N=C(/c1ccccc1)c1cccnc1. The molecule has 0 aliphatic heterocycles. The highest BCUT2D eigenvalue weighted by Gasteiger charge is 2.09. The van der Waals surface area contributed by atoms with Gasteiger partial charge in [0.15, 0.2) is 0 Å². The Morgan fingerprint density at radius 2 is 1.90 bits per heavy atom. The monoisotopic (exact) mass is 268 g/mol. The first-order valence-corrected chi connectivity index (χ1v) is 6.55. The molecule has 0 saturated carbocycles. The molecule has 2 rings (SSSR count). The highest BCUT2D eigenvalue weighted by molar-refractivity contribution is 6.12. The van der Waals surface area contributed by atoms with Crippen molar-refractivity contribution in [2.45, 2.75) is 19.8 Å². The van der Waals surface area contributed by atoms with Gasteiger partial charge in [-0.25, -0.2) is 4.79 Å². The Hall–Kier alpha value is -2.49. The maximum absolute atomic E-state index is 11.5. The van der Waals surface area contributed by atoms with E-state index in [9.17, 15) is 4.79 Å². The average molecular weight is 268 g/mol. The molecule has 0 fully saturated rings. The lowest BCUT2D eigenvalue weighted by Gasteiger charge is -2.06. The lowest BCUT2D eigenvalue weighted by atomic mass is 10.0. The number of carbonyl (C=O) groups is 1. The fourth-order valence-electron chi connectivity index (χ4n) is 1.72. The Morgan fingerprint density at radius 1 is 1.15 bits per heavy atom. The van der Waals surface area contributed by atoms with Gasteiger partial charge in [0.1, 0.15) is 5.71 Å². The summed E-state index contributed by atoms with van der Waals surface area (Å²) >= 11 is 0. The van der Waals surface area contributed by atoms with E-state index in [0.29, 0.717) is 12.1 Å². The third-order valence-corrected chi connectivity index (χ3v) is 2.68. The topological polar surface area (TPSA) is 51.5 Å². The zero-order chi connectivity index (χ0) is 14.2. The number of hydrogen-bond donors (Lipinski definition) is 0. The summed E-state index contributed by atoms with van der Waals surface area (Å²) in [7, 11) is 0. The molecule has 0 N–H and O–H groups in total.